The number of carbonyl (C=O) groups excluding carboxylic acids is 1. The standard InChI is InChI=1S/C19H20FNO2/c20-16-8-6-14(7-9-16)12-17(13-22)21-18(23)19(10-11-19)15-4-2-1-3-5-15/h1-9,17,22H,10-13H2,(H,21,23). The summed E-state index contributed by atoms with van der Waals surface area (Å²) in [5, 5.41) is 12.5. The lowest BCUT2D eigenvalue weighted by Crippen LogP contribution is -2.44. The van der Waals surface area contributed by atoms with Gasteiger partial charge in [-0.05, 0) is 42.5 Å². The summed E-state index contributed by atoms with van der Waals surface area (Å²) in [5.74, 6) is -0.329. The minimum absolute atomic E-state index is 0.0372. The molecule has 4 heteroatoms. The van der Waals surface area contributed by atoms with Crippen molar-refractivity contribution in [3.8, 4) is 0 Å². The Labute approximate surface area is 135 Å². The van der Waals surface area contributed by atoms with Crippen LogP contribution in [-0.4, -0.2) is 23.7 Å². The Kier molecular flexibility index (Phi) is 4.44. The first kappa shape index (κ1) is 15.7. The summed E-state index contributed by atoms with van der Waals surface area (Å²) in [6.07, 6.45) is 2.14. The lowest BCUT2D eigenvalue weighted by atomic mass is 9.94. The van der Waals surface area contributed by atoms with Gasteiger partial charge in [-0.1, -0.05) is 42.5 Å². The van der Waals surface area contributed by atoms with E-state index in [1.165, 1.54) is 12.1 Å². The molecule has 120 valence electrons. The van der Waals surface area contributed by atoms with Gasteiger partial charge < -0.3 is 10.4 Å². The zero-order valence-corrected chi connectivity index (χ0v) is 12.8. The molecule has 1 saturated carbocycles. The van der Waals surface area contributed by atoms with Crippen LogP contribution in [0.1, 0.15) is 24.0 Å². The van der Waals surface area contributed by atoms with Crippen LogP contribution in [-0.2, 0) is 16.6 Å². The number of hydrogen-bond donors (Lipinski definition) is 2. The first-order valence-corrected chi connectivity index (χ1v) is 7.86. The summed E-state index contributed by atoms with van der Waals surface area (Å²) >= 11 is 0. The van der Waals surface area contributed by atoms with Gasteiger partial charge in [0.15, 0.2) is 0 Å². The van der Waals surface area contributed by atoms with Crippen molar-refractivity contribution in [2.24, 2.45) is 0 Å². The van der Waals surface area contributed by atoms with Gasteiger partial charge in [-0.25, -0.2) is 4.39 Å². The lowest BCUT2D eigenvalue weighted by molar-refractivity contribution is -0.124. The number of aliphatic hydroxyl groups excluding tert-OH is 1. The number of rotatable bonds is 6. The van der Waals surface area contributed by atoms with Crippen LogP contribution >= 0.6 is 0 Å². The fraction of sp³-hybridized carbons (Fsp3) is 0.316. The van der Waals surface area contributed by atoms with E-state index >= 15 is 0 Å². The zero-order chi connectivity index (χ0) is 16.3. The summed E-state index contributed by atoms with van der Waals surface area (Å²) in [6, 6.07) is 15.5. The maximum Gasteiger partial charge on any atom is 0.230 e. The van der Waals surface area contributed by atoms with Crippen molar-refractivity contribution >= 4 is 5.91 Å². The molecule has 0 aromatic heterocycles. The molecule has 1 aliphatic rings. The maximum absolute atomic E-state index is 12.9. The third kappa shape index (κ3) is 3.42. The molecule has 0 heterocycles. The molecule has 1 amide bonds. The van der Waals surface area contributed by atoms with Gasteiger partial charge in [0.05, 0.1) is 18.1 Å². The second-order valence-corrected chi connectivity index (χ2v) is 6.13. The Balaban J connectivity index is 1.67. The minimum atomic E-state index is -0.447. The molecular weight excluding hydrogens is 293 g/mol. The van der Waals surface area contributed by atoms with Crippen LogP contribution in [0.15, 0.2) is 54.6 Å². The van der Waals surface area contributed by atoms with Gasteiger partial charge in [0.2, 0.25) is 5.91 Å². The monoisotopic (exact) mass is 313 g/mol. The quantitative estimate of drug-likeness (QED) is 0.861. The van der Waals surface area contributed by atoms with Crippen molar-refractivity contribution in [1.29, 1.82) is 0 Å². The largest absolute Gasteiger partial charge is 0.394 e. The molecule has 1 unspecified atom stereocenters. The van der Waals surface area contributed by atoms with Crippen molar-refractivity contribution in [1.82, 2.24) is 5.32 Å². The highest BCUT2D eigenvalue weighted by molar-refractivity contribution is 5.91. The molecule has 0 radical (unpaired) electrons. The molecule has 23 heavy (non-hydrogen) atoms. The summed E-state index contributed by atoms with van der Waals surface area (Å²) in [6.45, 7) is -0.145. The van der Waals surface area contributed by atoms with E-state index in [4.69, 9.17) is 0 Å². The van der Waals surface area contributed by atoms with Crippen LogP contribution in [0.2, 0.25) is 0 Å². The summed E-state index contributed by atoms with van der Waals surface area (Å²) in [5.41, 5.74) is 1.46. The Bertz CT molecular complexity index is 666. The molecule has 1 aliphatic carbocycles. The van der Waals surface area contributed by atoms with Crippen LogP contribution in [0, 0.1) is 5.82 Å². The van der Waals surface area contributed by atoms with Gasteiger partial charge in [-0.3, -0.25) is 4.79 Å². The maximum atomic E-state index is 12.9. The van der Waals surface area contributed by atoms with Crippen molar-refractivity contribution in [3.63, 3.8) is 0 Å². The highest BCUT2D eigenvalue weighted by Gasteiger charge is 2.51. The highest BCUT2D eigenvalue weighted by atomic mass is 19.1. The van der Waals surface area contributed by atoms with Crippen molar-refractivity contribution < 1.29 is 14.3 Å². The van der Waals surface area contributed by atoms with Gasteiger partial charge in [0, 0.05) is 0 Å². The number of benzene rings is 2. The Morgan fingerprint density at radius 2 is 1.78 bits per heavy atom. The van der Waals surface area contributed by atoms with E-state index in [1.54, 1.807) is 12.1 Å². The third-order valence-electron chi connectivity index (χ3n) is 4.46. The second kappa shape index (κ2) is 6.50. The molecule has 1 fully saturated rings. The topological polar surface area (TPSA) is 49.3 Å². The van der Waals surface area contributed by atoms with Crippen molar-refractivity contribution in [2.45, 2.75) is 30.7 Å². The molecule has 1 atom stereocenters. The van der Waals surface area contributed by atoms with Gasteiger partial charge in [0.25, 0.3) is 0 Å². The number of carbonyl (C=O) groups is 1. The number of amides is 1. The molecule has 2 N–H and O–H groups in total. The number of aliphatic hydroxyl groups is 1. The van der Waals surface area contributed by atoms with E-state index < -0.39 is 5.41 Å². The number of hydrogen-bond acceptors (Lipinski definition) is 2. The van der Waals surface area contributed by atoms with Crippen LogP contribution in [0.3, 0.4) is 0 Å². The third-order valence-corrected chi connectivity index (χ3v) is 4.46. The van der Waals surface area contributed by atoms with Crippen LogP contribution < -0.4 is 5.32 Å². The predicted octanol–water partition coefficient (Wildman–Crippen LogP) is 2.58. The van der Waals surface area contributed by atoms with E-state index in [9.17, 15) is 14.3 Å². The van der Waals surface area contributed by atoms with E-state index in [1.807, 2.05) is 30.3 Å². The molecule has 3 rings (SSSR count). The Hall–Kier alpha value is -2.20. The van der Waals surface area contributed by atoms with Crippen LogP contribution in [0.5, 0.6) is 0 Å². The number of halogens is 1. The summed E-state index contributed by atoms with van der Waals surface area (Å²) in [4.78, 5) is 12.7. The molecule has 2 aromatic rings. The highest BCUT2D eigenvalue weighted by Crippen LogP contribution is 2.48. The van der Waals surface area contributed by atoms with Crippen LogP contribution in [0.25, 0.3) is 0 Å². The SMILES string of the molecule is O=C(NC(CO)Cc1ccc(F)cc1)C1(c2ccccc2)CC1. The molecule has 0 aliphatic heterocycles. The van der Waals surface area contributed by atoms with E-state index in [0.29, 0.717) is 6.42 Å². The first-order chi connectivity index (χ1) is 11.1. The number of nitrogens with one attached hydrogen (secondary N) is 1. The first-order valence-electron chi connectivity index (χ1n) is 7.86. The average Bonchev–Trinajstić information content (AvgIpc) is 3.39. The second-order valence-electron chi connectivity index (χ2n) is 6.13. The van der Waals surface area contributed by atoms with Gasteiger partial charge in [-0.2, -0.15) is 0 Å². The van der Waals surface area contributed by atoms with E-state index in [2.05, 4.69) is 5.32 Å². The zero-order valence-electron chi connectivity index (χ0n) is 12.8. The Morgan fingerprint density at radius 1 is 1.13 bits per heavy atom. The van der Waals surface area contributed by atoms with Crippen LogP contribution in [0.4, 0.5) is 4.39 Å². The normalized spacial score (nSPS) is 16.6. The van der Waals surface area contributed by atoms with Gasteiger partial charge in [-0.15, -0.1) is 0 Å². The van der Waals surface area contributed by atoms with Gasteiger partial charge >= 0.3 is 0 Å². The van der Waals surface area contributed by atoms with Gasteiger partial charge in [0.1, 0.15) is 5.82 Å². The smallest absolute Gasteiger partial charge is 0.230 e. The molecule has 2 aromatic carbocycles. The molecular formula is C19H20FNO2. The summed E-state index contributed by atoms with van der Waals surface area (Å²) < 4.78 is 12.9. The van der Waals surface area contributed by atoms with Crippen molar-refractivity contribution in [3.05, 3.63) is 71.5 Å². The molecule has 0 spiro atoms. The lowest BCUT2D eigenvalue weighted by Gasteiger charge is -2.21. The Morgan fingerprint density at radius 3 is 2.35 bits per heavy atom. The van der Waals surface area contributed by atoms with E-state index in [0.717, 1.165) is 24.0 Å². The fourth-order valence-corrected chi connectivity index (χ4v) is 2.92. The van der Waals surface area contributed by atoms with E-state index in [-0.39, 0.29) is 24.4 Å². The fourth-order valence-electron chi connectivity index (χ4n) is 2.92. The molecule has 0 saturated heterocycles. The summed E-state index contributed by atoms with van der Waals surface area (Å²) in [7, 11) is 0. The van der Waals surface area contributed by atoms with Crippen molar-refractivity contribution in [2.75, 3.05) is 6.61 Å². The molecule has 0 bridgehead atoms. The average molecular weight is 313 g/mol. The minimum Gasteiger partial charge on any atom is -0.394 e. The molecule has 3 nitrogen and oxygen atoms in total. The predicted molar refractivity (Wildman–Crippen MR) is 86.5 cm³/mol.